The highest BCUT2D eigenvalue weighted by Crippen LogP contribution is 2.33. The van der Waals surface area contributed by atoms with Crippen LogP contribution in [-0.2, 0) is 18.0 Å². The SMILES string of the molecule is Cc1nc(C(=O)N2CCOC2CNC(=O)c2cnn(C)c2C(F)(F)F)c(-c2ccc(F)cc2)s1. The lowest BCUT2D eigenvalue weighted by Crippen LogP contribution is -2.44. The summed E-state index contributed by atoms with van der Waals surface area (Å²) in [6.07, 6.45) is -4.82. The number of alkyl halides is 3. The van der Waals surface area contributed by atoms with Crippen molar-refractivity contribution in [3.05, 3.63) is 58.2 Å². The minimum atomic E-state index is -4.76. The summed E-state index contributed by atoms with van der Waals surface area (Å²) in [5.74, 6) is -1.86. The van der Waals surface area contributed by atoms with Gasteiger partial charge < -0.3 is 15.0 Å². The van der Waals surface area contributed by atoms with Gasteiger partial charge in [-0.25, -0.2) is 9.37 Å². The van der Waals surface area contributed by atoms with Crippen molar-refractivity contribution in [1.29, 1.82) is 0 Å². The molecule has 1 atom stereocenters. The van der Waals surface area contributed by atoms with Gasteiger partial charge in [-0.05, 0) is 24.6 Å². The summed E-state index contributed by atoms with van der Waals surface area (Å²) in [6, 6.07) is 5.65. The second kappa shape index (κ2) is 9.14. The van der Waals surface area contributed by atoms with Gasteiger partial charge in [-0.2, -0.15) is 18.3 Å². The van der Waals surface area contributed by atoms with Gasteiger partial charge in [-0.15, -0.1) is 11.3 Å². The molecular formula is C21H19F4N5O3S. The molecule has 8 nitrogen and oxygen atoms in total. The van der Waals surface area contributed by atoms with E-state index in [2.05, 4.69) is 15.4 Å². The molecule has 1 saturated heterocycles. The zero-order chi connectivity index (χ0) is 24.6. The zero-order valence-electron chi connectivity index (χ0n) is 18.0. The van der Waals surface area contributed by atoms with Crippen molar-refractivity contribution in [3.63, 3.8) is 0 Å². The number of benzene rings is 1. The number of carbonyl (C=O) groups is 2. The van der Waals surface area contributed by atoms with Crippen LogP contribution < -0.4 is 5.32 Å². The smallest absolute Gasteiger partial charge is 0.355 e. The highest BCUT2D eigenvalue weighted by atomic mass is 32.1. The van der Waals surface area contributed by atoms with Crippen molar-refractivity contribution in [2.75, 3.05) is 19.7 Å². The van der Waals surface area contributed by atoms with E-state index in [0.29, 0.717) is 20.1 Å². The van der Waals surface area contributed by atoms with Crippen LogP contribution in [0.5, 0.6) is 0 Å². The van der Waals surface area contributed by atoms with E-state index in [1.165, 1.54) is 28.4 Å². The Morgan fingerprint density at radius 3 is 2.65 bits per heavy atom. The van der Waals surface area contributed by atoms with E-state index in [0.717, 1.165) is 13.2 Å². The Bertz CT molecular complexity index is 1220. The molecule has 1 aliphatic rings. The standard InChI is InChI=1S/C21H19F4N5O3S/c1-11-28-16(17(34-11)12-3-5-13(22)6-4-12)20(32)30-7-8-33-15(30)10-26-19(31)14-9-27-29(2)18(14)21(23,24)25/h3-6,9,15H,7-8,10H2,1-2H3,(H,26,31). The molecule has 13 heteroatoms. The van der Waals surface area contributed by atoms with Crippen LogP contribution in [0.4, 0.5) is 17.6 Å². The minimum absolute atomic E-state index is 0.155. The first-order valence-electron chi connectivity index (χ1n) is 10.1. The van der Waals surface area contributed by atoms with Crippen molar-refractivity contribution in [2.24, 2.45) is 7.05 Å². The molecule has 1 aromatic carbocycles. The maximum absolute atomic E-state index is 13.3. The van der Waals surface area contributed by atoms with E-state index in [1.807, 2.05) is 0 Å². The zero-order valence-corrected chi connectivity index (χ0v) is 18.8. The highest BCUT2D eigenvalue weighted by Gasteiger charge is 2.40. The summed E-state index contributed by atoms with van der Waals surface area (Å²) < 4.78 is 59.2. The molecule has 0 bridgehead atoms. The second-order valence-corrected chi connectivity index (χ2v) is 8.68. The van der Waals surface area contributed by atoms with Gasteiger partial charge in [-0.1, -0.05) is 12.1 Å². The second-order valence-electron chi connectivity index (χ2n) is 7.48. The highest BCUT2D eigenvalue weighted by molar-refractivity contribution is 7.15. The van der Waals surface area contributed by atoms with E-state index < -0.39 is 41.3 Å². The van der Waals surface area contributed by atoms with E-state index in [4.69, 9.17) is 4.74 Å². The number of hydrogen-bond acceptors (Lipinski definition) is 6. The van der Waals surface area contributed by atoms with E-state index in [-0.39, 0.29) is 25.4 Å². The quantitative estimate of drug-likeness (QED) is 0.547. The lowest BCUT2D eigenvalue weighted by atomic mass is 10.1. The number of thiazole rings is 1. The fraction of sp³-hybridized carbons (Fsp3) is 0.333. The third-order valence-corrected chi connectivity index (χ3v) is 6.20. The molecule has 180 valence electrons. The van der Waals surface area contributed by atoms with Crippen LogP contribution in [0.25, 0.3) is 10.4 Å². The molecular weight excluding hydrogens is 478 g/mol. The number of halogens is 4. The lowest BCUT2D eigenvalue weighted by Gasteiger charge is -2.23. The molecule has 3 aromatic rings. The van der Waals surface area contributed by atoms with E-state index in [9.17, 15) is 27.2 Å². The van der Waals surface area contributed by atoms with Crippen molar-refractivity contribution >= 4 is 23.2 Å². The van der Waals surface area contributed by atoms with Crippen LogP contribution in [0.1, 0.15) is 31.5 Å². The largest absolute Gasteiger partial charge is 0.433 e. The van der Waals surface area contributed by atoms with Crippen molar-refractivity contribution in [2.45, 2.75) is 19.3 Å². The number of amides is 2. The molecule has 1 N–H and O–H groups in total. The summed E-state index contributed by atoms with van der Waals surface area (Å²) in [5, 5.41) is 6.54. The van der Waals surface area contributed by atoms with Crippen molar-refractivity contribution in [3.8, 4) is 10.4 Å². The van der Waals surface area contributed by atoms with Crippen LogP contribution in [0.2, 0.25) is 0 Å². The summed E-state index contributed by atoms with van der Waals surface area (Å²) >= 11 is 1.28. The van der Waals surface area contributed by atoms with Gasteiger partial charge in [0, 0.05) is 13.6 Å². The van der Waals surface area contributed by atoms with Gasteiger partial charge in [-0.3, -0.25) is 14.3 Å². The van der Waals surface area contributed by atoms with Crippen molar-refractivity contribution in [1.82, 2.24) is 25.0 Å². The molecule has 0 aliphatic carbocycles. The first kappa shape index (κ1) is 23.8. The molecule has 2 aromatic heterocycles. The average molecular weight is 497 g/mol. The average Bonchev–Trinajstić information content (AvgIpc) is 3.49. The topological polar surface area (TPSA) is 89.3 Å². The minimum Gasteiger partial charge on any atom is -0.355 e. The third kappa shape index (κ3) is 4.66. The van der Waals surface area contributed by atoms with Crippen LogP contribution in [-0.4, -0.2) is 57.4 Å². The number of nitrogens with one attached hydrogen (secondary N) is 1. The van der Waals surface area contributed by atoms with Crippen LogP contribution in [0, 0.1) is 12.7 Å². The fourth-order valence-corrected chi connectivity index (χ4v) is 4.56. The number of carbonyl (C=O) groups excluding carboxylic acids is 2. The Balaban J connectivity index is 1.50. The first-order valence-corrected chi connectivity index (χ1v) is 10.9. The van der Waals surface area contributed by atoms with Crippen molar-refractivity contribution < 1.29 is 31.9 Å². The molecule has 1 unspecified atom stereocenters. The molecule has 0 saturated carbocycles. The Hall–Kier alpha value is -3.32. The molecule has 2 amide bonds. The number of nitrogens with zero attached hydrogens (tertiary/aromatic N) is 4. The number of aryl methyl sites for hydroxylation is 2. The molecule has 1 aliphatic heterocycles. The number of ether oxygens (including phenoxy) is 1. The monoisotopic (exact) mass is 497 g/mol. The maximum Gasteiger partial charge on any atom is 0.433 e. The molecule has 0 radical (unpaired) electrons. The summed E-state index contributed by atoms with van der Waals surface area (Å²) in [6.45, 7) is 1.89. The molecule has 34 heavy (non-hydrogen) atoms. The predicted octanol–water partition coefficient (Wildman–Crippen LogP) is 3.24. The number of aromatic nitrogens is 3. The Labute approximate surface area is 195 Å². The van der Waals surface area contributed by atoms with Gasteiger partial charge in [0.1, 0.15) is 17.7 Å². The molecule has 0 spiro atoms. The van der Waals surface area contributed by atoms with Crippen LogP contribution >= 0.6 is 11.3 Å². The predicted molar refractivity (Wildman–Crippen MR) is 114 cm³/mol. The maximum atomic E-state index is 13.3. The Morgan fingerprint density at radius 1 is 1.26 bits per heavy atom. The van der Waals surface area contributed by atoms with Gasteiger partial charge in [0.05, 0.1) is 34.8 Å². The first-order chi connectivity index (χ1) is 16.1. The van der Waals surface area contributed by atoms with Gasteiger partial charge in [0.2, 0.25) is 0 Å². The molecule has 4 rings (SSSR count). The van der Waals surface area contributed by atoms with Gasteiger partial charge >= 0.3 is 6.18 Å². The van der Waals surface area contributed by atoms with Gasteiger partial charge in [0.15, 0.2) is 5.69 Å². The Morgan fingerprint density at radius 2 is 1.97 bits per heavy atom. The fourth-order valence-electron chi connectivity index (χ4n) is 3.64. The third-order valence-electron chi connectivity index (χ3n) is 5.18. The normalized spacial score (nSPS) is 16.2. The number of rotatable bonds is 5. The van der Waals surface area contributed by atoms with Gasteiger partial charge in [0.25, 0.3) is 11.8 Å². The summed E-state index contributed by atoms with van der Waals surface area (Å²) in [5.41, 5.74) is -1.02. The van der Waals surface area contributed by atoms with E-state index in [1.54, 1.807) is 19.1 Å². The number of hydrogen-bond donors (Lipinski definition) is 1. The van der Waals surface area contributed by atoms with Crippen LogP contribution in [0.3, 0.4) is 0 Å². The summed E-state index contributed by atoms with van der Waals surface area (Å²) in [4.78, 5) is 32.0. The Kier molecular flexibility index (Phi) is 6.41. The summed E-state index contributed by atoms with van der Waals surface area (Å²) in [7, 11) is 1.09. The lowest BCUT2D eigenvalue weighted by molar-refractivity contribution is -0.144. The molecule has 1 fully saturated rings. The molecule has 3 heterocycles. The van der Waals surface area contributed by atoms with E-state index >= 15 is 0 Å². The van der Waals surface area contributed by atoms with Crippen LogP contribution in [0.15, 0.2) is 30.5 Å².